The predicted molar refractivity (Wildman–Crippen MR) is 111 cm³/mol. The quantitative estimate of drug-likeness (QED) is 0.635. The minimum Gasteiger partial charge on any atom is -0.371 e. The molecule has 134 valence electrons. The van der Waals surface area contributed by atoms with E-state index in [0.29, 0.717) is 6.54 Å². The van der Waals surface area contributed by atoms with Crippen molar-refractivity contribution in [2.45, 2.75) is 31.3 Å². The van der Waals surface area contributed by atoms with Gasteiger partial charge in [-0.25, -0.2) is 4.99 Å². The van der Waals surface area contributed by atoms with E-state index in [1.54, 1.807) is 0 Å². The molecule has 1 unspecified atom stereocenters. The van der Waals surface area contributed by atoms with Crippen molar-refractivity contribution in [2.24, 2.45) is 15.2 Å². The van der Waals surface area contributed by atoms with Crippen molar-refractivity contribution in [3.05, 3.63) is 59.1 Å². The van der Waals surface area contributed by atoms with Crippen molar-refractivity contribution in [1.29, 1.82) is 0 Å². The molecule has 4 nitrogen and oxygen atoms in total. The van der Waals surface area contributed by atoms with Crippen molar-refractivity contribution in [3.63, 3.8) is 0 Å². The fourth-order valence-electron chi connectivity index (χ4n) is 3.45. The lowest BCUT2D eigenvalue weighted by molar-refractivity contribution is 0.538. The molecule has 1 fully saturated rings. The number of amidine groups is 1. The first-order valence-corrected chi connectivity index (χ1v) is 10.4. The summed E-state index contributed by atoms with van der Waals surface area (Å²) in [5.74, 6) is 3.11. The summed E-state index contributed by atoms with van der Waals surface area (Å²) in [6, 6.07) is 15.9. The molecule has 1 atom stereocenters. The van der Waals surface area contributed by atoms with Crippen LogP contribution in [0.25, 0.3) is 0 Å². The molecule has 0 aromatic heterocycles. The van der Waals surface area contributed by atoms with Gasteiger partial charge in [-0.3, -0.25) is 0 Å². The van der Waals surface area contributed by atoms with E-state index in [2.05, 4.69) is 21.6 Å². The van der Waals surface area contributed by atoms with Gasteiger partial charge in [0.15, 0.2) is 5.84 Å². The maximum absolute atomic E-state index is 6.06. The summed E-state index contributed by atoms with van der Waals surface area (Å²) in [5.41, 5.74) is 2.87. The van der Waals surface area contributed by atoms with Crippen LogP contribution in [0.4, 0.5) is 11.4 Å². The van der Waals surface area contributed by atoms with Crippen LogP contribution in [0.1, 0.15) is 24.8 Å². The number of benzene rings is 2. The summed E-state index contributed by atoms with van der Waals surface area (Å²) in [4.78, 5) is 4.87. The fraction of sp³-hybridized carbons (Fsp3) is 0.350. The van der Waals surface area contributed by atoms with Gasteiger partial charge < -0.3 is 5.32 Å². The summed E-state index contributed by atoms with van der Waals surface area (Å²) in [5, 5.41) is 13.5. The molecule has 1 spiro atoms. The SMILES string of the molecule is Clc1cccc(CN=NC2=Nc3ccccc3NC23CCCSCC3)c1. The minimum atomic E-state index is -0.213. The molecule has 0 aliphatic carbocycles. The number of hydrogen-bond acceptors (Lipinski definition) is 5. The summed E-state index contributed by atoms with van der Waals surface area (Å²) < 4.78 is 0. The normalized spacial score (nSPS) is 22.6. The molecule has 1 N–H and O–H groups in total. The Labute approximate surface area is 163 Å². The molecule has 0 bridgehead atoms. The lowest BCUT2D eigenvalue weighted by Crippen LogP contribution is -2.47. The average molecular weight is 385 g/mol. The number of para-hydroxylation sites is 2. The first-order valence-electron chi connectivity index (χ1n) is 8.91. The van der Waals surface area contributed by atoms with Gasteiger partial charge in [-0.05, 0) is 60.6 Å². The number of hydrogen-bond donors (Lipinski definition) is 1. The van der Waals surface area contributed by atoms with Gasteiger partial charge in [0.2, 0.25) is 0 Å². The number of azo groups is 1. The number of rotatable bonds is 2. The zero-order valence-electron chi connectivity index (χ0n) is 14.5. The van der Waals surface area contributed by atoms with Crippen LogP contribution in [0.3, 0.4) is 0 Å². The van der Waals surface area contributed by atoms with Gasteiger partial charge in [-0.2, -0.15) is 16.9 Å². The second kappa shape index (κ2) is 7.80. The van der Waals surface area contributed by atoms with E-state index in [1.807, 2.05) is 54.2 Å². The van der Waals surface area contributed by atoms with E-state index in [1.165, 1.54) is 5.75 Å². The third-order valence-electron chi connectivity index (χ3n) is 4.81. The molecule has 6 heteroatoms. The Kier molecular flexibility index (Phi) is 5.27. The number of aliphatic imine (C=N–C) groups is 1. The number of fused-ring (bicyclic) bond motifs is 1. The maximum atomic E-state index is 6.06. The Hall–Kier alpha value is -1.85. The van der Waals surface area contributed by atoms with Crippen LogP contribution in [0.2, 0.25) is 5.02 Å². The first kappa shape index (κ1) is 17.6. The van der Waals surface area contributed by atoms with Crippen LogP contribution in [0.15, 0.2) is 63.8 Å². The lowest BCUT2D eigenvalue weighted by atomic mass is 9.87. The highest BCUT2D eigenvalue weighted by Gasteiger charge is 2.39. The zero-order valence-corrected chi connectivity index (χ0v) is 16.1. The molecule has 2 aromatic carbocycles. The van der Waals surface area contributed by atoms with E-state index >= 15 is 0 Å². The summed E-state index contributed by atoms with van der Waals surface area (Å²) in [6.07, 6.45) is 3.20. The Morgan fingerprint density at radius 2 is 2.04 bits per heavy atom. The highest BCUT2D eigenvalue weighted by Crippen LogP contribution is 2.40. The van der Waals surface area contributed by atoms with Crippen LogP contribution >= 0.6 is 23.4 Å². The molecular weight excluding hydrogens is 364 g/mol. The topological polar surface area (TPSA) is 49.1 Å². The number of nitrogens with one attached hydrogen (secondary N) is 1. The van der Waals surface area contributed by atoms with Gasteiger partial charge in [-0.1, -0.05) is 35.9 Å². The Bertz CT molecular complexity index is 841. The molecule has 0 radical (unpaired) electrons. The fourth-order valence-corrected chi connectivity index (χ4v) is 4.71. The van der Waals surface area contributed by atoms with Crippen LogP contribution < -0.4 is 5.32 Å². The van der Waals surface area contributed by atoms with Gasteiger partial charge in [0, 0.05) is 5.02 Å². The van der Waals surface area contributed by atoms with Crippen molar-refractivity contribution >= 4 is 40.6 Å². The molecule has 0 amide bonds. The summed E-state index contributed by atoms with van der Waals surface area (Å²) >= 11 is 8.06. The Balaban J connectivity index is 1.63. The van der Waals surface area contributed by atoms with Crippen molar-refractivity contribution in [1.82, 2.24) is 0 Å². The smallest absolute Gasteiger partial charge is 0.176 e. The zero-order chi connectivity index (χ0) is 17.8. The van der Waals surface area contributed by atoms with Crippen LogP contribution in [-0.4, -0.2) is 22.9 Å². The van der Waals surface area contributed by atoms with E-state index in [9.17, 15) is 0 Å². The molecule has 26 heavy (non-hydrogen) atoms. The average Bonchev–Trinajstić information content (AvgIpc) is 2.88. The first-order chi connectivity index (χ1) is 12.8. The van der Waals surface area contributed by atoms with Crippen molar-refractivity contribution in [3.8, 4) is 0 Å². The number of thioether (sulfide) groups is 1. The molecule has 2 heterocycles. The van der Waals surface area contributed by atoms with Gasteiger partial charge >= 0.3 is 0 Å². The van der Waals surface area contributed by atoms with E-state index in [4.69, 9.17) is 16.6 Å². The van der Waals surface area contributed by atoms with Crippen LogP contribution in [0.5, 0.6) is 0 Å². The Morgan fingerprint density at radius 3 is 2.96 bits per heavy atom. The lowest BCUT2D eigenvalue weighted by Gasteiger charge is -2.37. The van der Waals surface area contributed by atoms with Gasteiger partial charge in [0.1, 0.15) is 5.54 Å². The van der Waals surface area contributed by atoms with Gasteiger partial charge in [0.05, 0.1) is 17.9 Å². The molecule has 2 aliphatic heterocycles. The Morgan fingerprint density at radius 1 is 1.12 bits per heavy atom. The highest BCUT2D eigenvalue weighted by atomic mass is 35.5. The highest BCUT2D eigenvalue weighted by molar-refractivity contribution is 7.99. The standard InChI is InChI=1S/C20H21ClN4S/c21-16-6-3-5-15(13-16)14-22-25-19-20(9-4-11-26-12-10-20)24-18-8-2-1-7-17(18)23-19/h1-3,5-8,13,24H,4,9-12,14H2. The molecule has 4 rings (SSSR count). The number of halogens is 1. The minimum absolute atomic E-state index is 0.213. The number of anilines is 1. The molecule has 2 aliphatic rings. The van der Waals surface area contributed by atoms with Crippen molar-refractivity contribution in [2.75, 3.05) is 16.8 Å². The third kappa shape index (κ3) is 3.79. The summed E-state index contributed by atoms with van der Waals surface area (Å²) in [7, 11) is 0. The van der Waals surface area contributed by atoms with E-state index < -0.39 is 0 Å². The molecule has 0 saturated carbocycles. The van der Waals surface area contributed by atoms with Gasteiger partial charge in [-0.15, -0.1) is 5.11 Å². The maximum Gasteiger partial charge on any atom is 0.176 e. The molecular formula is C20H21ClN4S. The predicted octanol–water partition coefficient (Wildman–Crippen LogP) is 6.10. The van der Waals surface area contributed by atoms with Crippen LogP contribution in [-0.2, 0) is 6.54 Å². The third-order valence-corrected chi connectivity index (χ3v) is 6.11. The van der Waals surface area contributed by atoms with Crippen LogP contribution in [0, 0.1) is 0 Å². The second-order valence-corrected chi connectivity index (χ2v) is 8.32. The summed E-state index contributed by atoms with van der Waals surface area (Å²) in [6.45, 7) is 0.506. The molecule has 2 aromatic rings. The largest absolute Gasteiger partial charge is 0.371 e. The van der Waals surface area contributed by atoms with E-state index in [0.717, 1.165) is 52.8 Å². The number of nitrogens with zero attached hydrogens (tertiary/aromatic N) is 3. The van der Waals surface area contributed by atoms with Gasteiger partial charge in [0.25, 0.3) is 0 Å². The second-order valence-electron chi connectivity index (χ2n) is 6.66. The monoisotopic (exact) mass is 384 g/mol. The molecule has 1 saturated heterocycles. The van der Waals surface area contributed by atoms with Crippen molar-refractivity contribution < 1.29 is 0 Å². The van der Waals surface area contributed by atoms with E-state index in [-0.39, 0.29) is 5.54 Å².